The normalized spacial score (nSPS) is 12.4. The summed E-state index contributed by atoms with van der Waals surface area (Å²) in [5, 5.41) is 2.57. The fourth-order valence-corrected chi connectivity index (χ4v) is 1.10. The minimum atomic E-state index is -0.500. The first-order valence-electron chi connectivity index (χ1n) is 4.95. The molecule has 1 amide bonds. The zero-order valence-electron chi connectivity index (χ0n) is 9.29. The summed E-state index contributed by atoms with van der Waals surface area (Å²) in [6.07, 6.45) is 1.30. The largest absolute Gasteiger partial charge is 0.461 e. The minimum absolute atomic E-state index is 0.143. The van der Waals surface area contributed by atoms with E-state index >= 15 is 0 Å². The first-order valence-corrected chi connectivity index (χ1v) is 4.95. The number of hydrogen-bond acceptors (Lipinski definition) is 3. The van der Waals surface area contributed by atoms with Crippen molar-refractivity contribution in [3.8, 4) is 0 Å². The maximum Gasteiger partial charge on any atom is 0.328 e. The highest BCUT2D eigenvalue weighted by atomic mass is 16.5. The van der Waals surface area contributed by atoms with Gasteiger partial charge in [-0.15, -0.1) is 0 Å². The van der Waals surface area contributed by atoms with Crippen molar-refractivity contribution in [2.45, 2.75) is 52.7 Å². The minimum Gasteiger partial charge on any atom is -0.461 e. The Labute approximate surface area is 85.0 Å². The molecule has 0 saturated heterocycles. The van der Waals surface area contributed by atoms with Gasteiger partial charge in [-0.2, -0.15) is 0 Å². The topological polar surface area (TPSA) is 55.4 Å². The van der Waals surface area contributed by atoms with E-state index in [0.717, 1.165) is 6.42 Å². The Morgan fingerprint density at radius 1 is 1.36 bits per heavy atom. The van der Waals surface area contributed by atoms with Crippen LogP contribution in [0.4, 0.5) is 0 Å². The van der Waals surface area contributed by atoms with Gasteiger partial charge in [0.05, 0.1) is 6.10 Å². The number of hydrogen-bond donors (Lipinski definition) is 1. The van der Waals surface area contributed by atoms with Crippen LogP contribution in [-0.4, -0.2) is 24.0 Å². The number of ether oxygens (including phenoxy) is 1. The second kappa shape index (κ2) is 6.40. The average Bonchev–Trinajstić information content (AvgIpc) is 2.01. The van der Waals surface area contributed by atoms with E-state index in [-0.39, 0.29) is 18.0 Å². The molecule has 0 aliphatic rings. The van der Waals surface area contributed by atoms with E-state index in [2.05, 4.69) is 5.32 Å². The Morgan fingerprint density at radius 2 is 1.93 bits per heavy atom. The molecule has 1 atom stereocenters. The zero-order chi connectivity index (χ0) is 11.1. The average molecular weight is 201 g/mol. The van der Waals surface area contributed by atoms with Gasteiger partial charge in [-0.25, -0.2) is 4.79 Å². The van der Waals surface area contributed by atoms with Crippen LogP contribution < -0.4 is 5.32 Å². The molecule has 0 unspecified atom stereocenters. The van der Waals surface area contributed by atoms with Gasteiger partial charge in [-0.1, -0.05) is 13.3 Å². The van der Waals surface area contributed by atoms with Crippen molar-refractivity contribution in [2.75, 3.05) is 0 Å². The van der Waals surface area contributed by atoms with Crippen molar-refractivity contribution in [3.05, 3.63) is 0 Å². The predicted molar refractivity (Wildman–Crippen MR) is 53.7 cm³/mol. The lowest BCUT2D eigenvalue weighted by atomic mass is 10.1. The predicted octanol–water partition coefficient (Wildman–Crippen LogP) is 1.24. The van der Waals surface area contributed by atoms with Crippen molar-refractivity contribution >= 4 is 11.9 Å². The molecule has 0 heterocycles. The van der Waals surface area contributed by atoms with Crippen LogP contribution in [0.15, 0.2) is 0 Å². The summed E-state index contributed by atoms with van der Waals surface area (Å²) in [5.41, 5.74) is 0. The molecule has 0 bridgehead atoms. The maximum absolute atomic E-state index is 11.4. The molecular weight excluding hydrogens is 182 g/mol. The van der Waals surface area contributed by atoms with E-state index in [1.807, 2.05) is 6.92 Å². The molecule has 1 N–H and O–H groups in total. The Kier molecular flexibility index (Phi) is 5.92. The fourth-order valence-electron chi connectivity index (χ4n) is 1.10. The Balaban J connectivity index is 4.17. The van der Waals surface area contributed by atoms with Gasteiger partial charge < -0.3 is 10.1 Å². The Bertz CT molecular complexity index is 202. The van der Waals surface area contributed by atoms with Crippen molar-refractivity contribution in [2.24, 2.45) is 0 Å². The first kappa shape index (κ1) is 12.9. The summed E-state index contributed by atoms with van der Waals surface area (Å²) < 4.78 is 5.01. The molecule has 0 aromatic heterocycles. The van der Waals surface area contributed by atoms with Crippen LogP contribution in [0.3, 0.4) is 0 Å². The number of rotatable bonds is 5. The van der Waals surface area contributed by atoms with Crippen molar-refractivity contribution in [3.63, 3.8) is 0 Å². The molecule has 4 nitrogen and oxygen atoms in total. The molecule has 0 spiro atoms. The zero-order valence-corrected chi connectivity index (χ0v) is 9.29. The fraction of sp³-hybridized carbons (Fsp3) is 0.800. The summed E-state index contributed by atoms with van der Waals surface area (Å²) in [6.45, 7) is 6.92. The van der Waals surface area contributed by atoms with Gasteiger partial charge >= 0.3 is 5.97 Å². The third-order valence-electron chi connectivity index (χ3n) is 1.59. The van der Waals surface area contributed by atoms with Crippen LogP contribution >= 0.6 is 0 Å². The molecule has 0 aromatic rings. The highest BCUT2D eigenvalue weighted by Gasteiger charge is 2.20. The van der Waals surface area contributed by atoms with Crippen LogP contribution in [0.2, 0.25) is 0 Å². The van der Waals surface area contributed by atoms with Gasteiger partial charge in [0.15, 0.2) is 0 Å². The van der Waals surface area contributed by atoms with Gasteiger partial charge in [-0.05, 0) is 20.3 Å². The van der Waals surface area contributed by atoms with E-state index in [0.29, 0.717) is 6.42 Å². The summed E-state index contributed by atoms with van der Waals surface area (Å²) in [6, 6.07) is -0.500. The Hall–Kier alpha value is -1.06. The van der Waals surface area contributed by atoms with Crippen molar-refractivity contribution in [1.29, 1.82) is 0 Å². The lowest BCUT2D eigenvalue weighted by Crippen LogP contribution is -2.41. The molecule has 82 valence electrons. The quantitative estimate of drug-likeness (QED) is 0.681. The van der Waals surface area contributed by atoms with E-state index in [9.17, 15) is 9.59 Å². The van der Waals surface area contributed by atoms with Gasteiger partial charge in [-0.3, -0.25) is 4.79 Å². The molecular formula is C10H19NO3. The number of nitrogens with one attached hydrogen (secondary N) is 1. The molecule has 0 rings (SSSR count). The Morgan fingerprint density at radius 3 is 2.29 bits per heavy atom. The van der Waals surface area contributed by atoms with Crippen LogP contribution in [-0.2, 0) is 14.3 Å². The third kappa shape index (κ3) is 5.56. The molecule has 0 radical (unpaired) electrons. The smallest absolute Gasteiger partial charge is 0.328 e. The number of esters is 1. The van der Waals surface area contributed by atoms with Gasteiger partial charge in [0.2, 0.25) is 5.91 Å². The monoisotopic (exact) mass is 201 g/mol. The molecule has 0 aliphatic carbocycles. The van der Waals surface area contributed by atoms with E-state index in [1.54, 1.807) is 13.8 Å². The highest BCUT2D eigenvalue weighted by molar-refractivity contribution is 5.83. The molecule has 0 aromatic carbocycles. The third-order valence-corrected chi connectivity index (χ3v) is 1.59. The summed E-state index contributed by atoms with van der Waals surface area (Å²) in [7, 11) is 0. The van der Waals surface area contributed by atoms with Crippen molar-refractivity contribution < 1.29 is 14.3 Å². The van der Waals surface area contributed by atoms with Gasteiger partial charge in [0, 0.05) is 6.92 Å². The van der Waals surface area contributed by atoms with E-state index in [1.165, 1.54) is 6.92 Å². The summed E-state index contributed by atoms with van der Waals surface area (Å²) >= 11 is 0. The highest BCUT2D eigenvalue weighted by Crippen LogP contribution is 2.01. The standard InChI is InChI=1S/C10H19NO3/c1-5-6-9(11-8(4)12)10(13)14-7(2)3/h7,9H,5-6H2,1-4H3,(H,11,12)/t9-/m0/s1. The first-order chi connectivity index (χ1) is 6.47. The lowest BCUT2D eigenvalue weighted by molar-refractivity contribution is -0.151. The van der Waals surface area contributed by atoms with Crippen LogP contribution in [0.5, 0.6) is 0 Å². The van der Waals surface area contributed by atoms with E-state index in [4.69, 9.17) is 4.74 Å². The van der Waals surface area contributed by atoms with Crippen LogP contribution in [0.25, 0.3) is 0 Å². The van der Waals surface area contributed by atoms with Gasteiger partial charge in [0.25, 0.3) is 0 Å². The molecule has 0 saturated carbocycles. The van der Waals surface area contributed by atoms with Crippen LogP contribution in [0.1, 0.15) is 40.5 Å². The second-order valence-corrected chi connectivity index (χ2v) is 3.53. The maximum atomic E-state index is 11.4. The van der Waals surface area contributed by atoms with E-state index < -0.39 is 6.04 Å². The molecule has 0 aliphatic heterocycles. The van der Waals surface area contributed by atoms with Crippen LogP contribution in [0, 0.1) is 0 Å². The lowest BCUT2D eigenvalue weighted by Gasteiger charge is -2.17. The SMILES string of the molecule is CCC[C@H](NC(C)=O)C(=O)OC(C)C. The summed E-state index contributed by atoms with van der Waals surface area (Å²) in [4.78, 5) is 22.2. The van der Waals surface area contributed by atoms with Gasteiger partial charge in [0.1, 0.15) is 6.04 Å². The molecule has 0 fully saturated rings. The molecule has 4 heteroatoms. The molecule has 14 heavy (non-hydrogen) atoms. The number of carbonyl (C=O) groups is 2. The second-order valence-electron chi connectivity index (χ2n) is 3.53. The van der Waals surface area contributed by atoms with Crippen molar-refractivity contribution in [1.82, 2.24) is 5.32 Å². The number of carbonyl (C=O) groups excluding carboxylic acids is 2. The summed E-state index contributed by atoms with van der Waals surface area (Å²) in [5.74, 6) is -0.554. The number of amides is 1.